The normalized spacial score (nSPS) is 22.2. The molecule has 0 radical (unpaired) electrons. The first-order valence-electron chi connectivity index (χ1n) is 8.99. The predicted octanol–water partition coefficient (Wildman–Crippen LogP) is 4.96. The van der Waals surface area contributed by atoms with Crippen LogP contribution in [0.15, 0.2) is 15.2 Å². The van der Waals surface area contributed by atoms with Gasteiger partial charge in [0.05, 0.1) is 14.4 Å². The summed E-state index contributed by atoms with van der Waals surface area (Å²) in [6.45, 7) is 7.63. The van der Waals surface area contributed by atoms with E-state index in [0.29, 0.717) is 4.90 Å². The molecule has 0 atom stereocenters. The summed E-state index contributed by atoms with van der Waals surface area (Å²) in [5.74, 6) is 1.72. The molecule has 6 heteroatoms. The first kappa shape index (κ1) is 20.3. The van der Waals surface area contributed by atoms with Crippen LogP contribution in [0.1, 0.15) is 57.8 Å². The zero-order chi connectivity index (χ0) is 17.7. The van der Waals surface area contributed by atoms with Gasteiger partial charge in [0.15, 0.2) is 9.84 Å². The van der Waals surface area contributed by atoms with Crippen LogP contribution >= 0.6 is 23.1 Å². The largest absolute Gasteiger partial charge is 0.312 e. The van der Waals surface area contributed by atoms with Crippen LogP contribution in [0.5, 0.6) is 0 Å². The average molecular weight is 390 g/mol. The van der Waals surface area contributed by atoms with Gasteiger partial charge in [-0.3, -0.25) is 0 Å². The molecule has 1 aromatic heterocycles. The van der Waals surface area contributed by atoms with Gasteiger partial charge in [0.25, 0.3) is 0 Å². The van der Waals surface area contributed by atoms with Crippen LogP contribution in [0, 0.1) is 11.8 Å². The highest BCUT2D eigenvalue weighted by atomic mass is 32.2. The molecule has 1 aliphatic rings. The van der Waals surface area contributed by atoms with Crippen molar-refractivity contribution in [1.29, 1.82) is 0 Å². The smallest absolute Gasteiger partial charge is 0.182 e. The Hall–Kier alpha value is -0.0400. The summed E-state index contributed by atoms with van der Waals surface area (Å²) in [7, 11) is -3.19. The standard InChI is InChI=1S/C18H31NO2S3/c1-5-14-6-8-15(9-7-14)11-19-12-16-10-17(18(22-4)23-16)24(20,21)13(2)3/h10,13-15,19H,5-9,11-12H2,1-4H3. The molecule has 1 aromatic rings. The molecule has 24 heavy (non-hydrogen) atoms. The fourth-order valence-electron chi connectivity index (χ4n) is 3.33. The number of hydrogen-bond donors (Lipinski definition) is 1. The highest BCUT2D eigenvalue weighted by Crippen LogP contribution is 2.36. The Morgan fingerprint density at radius 3 is 2.42 bits per heavy atom. The Balaban J connectivity index is 1.91. The highest BCUT2D eigenvalue weighted by Gasteiger charge is 2.25. The average Bonchev–Trinajstić information content (AvgIpc) is 2.99. The van der Waals surface area contributed by atoms with Crippen molar-refractivity contribution in [3.05, 3.63) is 10.9 Å². The Bertz CT molecular complexity index is 614. The summed E-state index contributed by atoms with van der Waals surface area (Å²) >= 11 is 3.15. The lowest BCUT2D eigenvalue weighted by Crippen LogP contribution is -2.25. The Labute approximate surface area is 155 Å². The van der Waals surface area contributed by atoms with Crippen LogP contribution in [0.4, 0.5) is 0 Å². The lowest BCUT2D eigenvalue weighted by atomic mass is 9.81. The molecular weight excluding hydrogens is 358 g/mol. The predicted molar refractivity (Wildman–Crippen MR) is 106 cm³/mol. The molecule has 0 bridgehead atoms. The van der Waals surface area contributed by atoms with Gasteiger partial charge < -0.3 is 5.32 Å². The monoisotopic (exact) mass is 389 g/mol. The maximum absolute atomic E-state index is 12.5. The second kappa shape index (κ2) is 9.06. The van der Waals surface area contributed by atoms with Crippen LogP contribution in [-0.2, 0) is 16.4 Å². The number of hydrogen-bond acceptors (Lipinski definition) is 5. The lowest BCUT2D eigenvalue weighted by molar-refractivity contribution is 0.262. The molecule has 1 N–H and O–H groups in total. The summed E-state index contributed by atoms with van der Waals surface area (Å²) in [5, 5.41) is 3.19. The van der Waals surface area contributed by atoms with Gasteiger partial charge >= 0.3 is 0 Å². The summed E-state index contributed by atoms with van der Waals surface area (Å²) in [6, 6.07) is 1.88. The number of rotatable bonds is 8. The minimum absolute atomic E-state index is 0.368. The quantitative estimate of drug-likeness (QED) is 0.638. The fourth-order valence-corrected chi connectivity index (χ4v) is 7.19. The van der Waals surface area contributed by atoms with Crippen LogP contribution in [-0.4, -0.2) is 26.5 Å². The van der Waals surface area contributed by atoms with E-state index in [1.165, 1.54) is 43.9 Å². The molecule has 1 heterocycles. The van der Waals surface area contributed by atoms with E-state index >= 15 is 0 Å². The van der Waals surface area contributed by atoms with Crippen molar-refractivity contribution in [2.24, 2.45) is 11.8 Å². The van der Waals surface area contributed by atoms with Crippen molar-refractivity contribution in [3.8, 4) is 0 Å². The lowest BCUT2D eigenvalue weighted by Gasteiger charge is -2.27. The van der Waals surface area contributed by atoms with Gasteiger partial charge in [-0.1, -0.05) is 26.2 Å². The minimum atomic E-state index is -3.19. The van der Waals surface area contributed by atoms with Gasteiger partial charge in [0.2, 0.25) is 0 Å². The molecule has 0 saturated heterocycles. The van der Waals surface area contributed by atoms with Crippen LogP contribution in [0.3, 0.4) is 0 Å². The molecule has 0 aromatic carbocycles. The number of sulfone groups is 1. The minimum Gasteiger partial charge on any atom is -0.312 e. The SMILES string of the molecule is CCC1CCC(CNCc2cc(S(=O)(=O)C(C)C)c(SC)s2)CC1. The fraction of sp³-hybridized carbons (Fsp3) is 0.778. The Kier molecular flexibility index (Phi) is 7.65. The van der Waals surface area contributed by atoms with E-state index < -0.39 is 9.84 Å². The summed E-state index contributed by atoms with van der Waals surface area (Å²) in [6.07, 6.45) is 8.68. The molecule has 1 fully saturated rings. The maximum atomic E-state index is 12.5. The van der Waals surface area contributed by atoms with Gasteiger partial charge in [-0.25, -0.2) is 8.42 Å². The zero-order valence-electron chi connectivity index (χ0n) is 15.3. The van der Waals surface area contributed by atoms with Crippen molar-refractivity contribution < 1.29 is 8.42 Å². The van der Waals surface area contributed by atoms with Crippen LogP contribution in [0.2, 0.25) is 0 Å². The molecule has 0 unspecified atom stereocenters. The molecule has 1 aliphatic carbocycles. The second-order valence-electron chi connectivity index (χ2n) is 7.09. The van der Waals surface area contributed by atoms with E-state index in [1.807, 2.05) is 12.3 Å². The number of nitrogens with one attached hydrogen (secondary N) is 1. The van der Waals surface area contributed by atoms with Crippen LogP contribution in [0.25, 0.3) is 0 Å². The van der Waals surface area contributed by atoms with Crippen molar-refractivity contribution >= 4 is 32.9 Å². The molecule has 0 amide bonds. The Morgan fingerprint density at radius 2 is 1.88 bits per heavy atom. The van der Waals surface area contributed by atoms with E-state index in [1.54, 1.807) is 25.2 Å². The molecule has 3 nitrogen and oxygen atoms in total. The molecule has 2 rings (SSSR count). The number of thiophene rings is 1. The summed E-state index contributed by atoms with van der Waals surface area (Å²) in [5.41, 5.74) is 0. The van der Waals surface area contributed by atoms with E-state index in [2.05, 4.69) is 12.2 Å². The first-order valence-corrected chi connectivity index (χ1v) is 12.6. The van der Waals surface area contributed by atoms with Crippen LogP contribution < -0.4 is 5.32 Å². The second-order valence-corrected chi connectivity index (χ2v) is 11.8. The van der Waals surface area contributed by atoms with Crippen molar-refractivity contribution in [1.82, 2.24) is 5.32 Å². The third-order valence-corrected chi connectivity index (χ3v) is 9.81. The number of thioether (sulfide) groups is 1. The van der Waals surface area contributed by atoms with E-state index in [0.717, 1.165) is 34.0 Å². The third kappa shape index (κ3) is 4.99. The molecule has 0 aliphatic heterocycles. The summed E-state index contributed by atoms with van der Waals surface area (Å²) < 4.78 is 25.9. The van der Waals surface area contributed by atoms with Gasteiger partial charge in [-0.05, 0) is 57.4 Å². The maximum Gasteiger partial charge on any atom is 0.182 e. The zero-order valence-corrected chi connectivity index (χ0v) is 17.7. The van der Waals surface area contributed by atoms with Gasteiger partial charge in [0, 0.05) is 11.4 Å². The Morgan fingerprint density at radius 1 is 1.25 bits per heavy atom. The topological polar surface area (TPSA) is 46.2 Å². The summed E-state index contributed by atoms with van der Waals surface area (Å²) in [4.78, 5) is 1.65. The van der Waals surface area contributed by atoms with E-state index in [9.17, 15) is 8.42 Å². The molecular formula is C18H31NO2S3. The molecule has 0 spiro atoms. The van der Waals surface area contributed by atoms with E-state index in [4.69, 9.17) is 0 Å². The van der Waals surface area contributed by atoms with Crippen molar-refractivity contribution in [2.45, 2.75) is 73.8 Å². The molecule has 138 valence electrons. The van der Waals surface area contributed by atoms with Crippen molar-refractivity contribution in [3.63, 3.8) is 0 Å². The molecule has 1 saturated carbocycles. The van der Waals surface area contributed by atoms with Gasteiger partial charge in [-0.15, -0.1) is 23.1 Å². The third-order valence-electron chi connectivity index (χ3n) is 5.11. The van der Waals surface area contributed by atoms with Gasteiger partial charge in [0.1, 0.15) is 0 Å². The first-order chi connectivity index (χ1) is 11.4. The van der Waals surface area contributed by atoms with E-state index in [-0.39, 0.29) is 5.25 Å². The van der Waals surface area contributed by atoms with Crippen molar-refractivity contribution in [2.75, 3.05) is 12.8 Å². The highest BCUT2D eigenvalue weighted by molar-refractivity contribution is 8.01. The van der Waals surface area contributed by atoms with Gasteiger partial charge in [-0.2, -0.15) is 0 Å².